The Bertz CT molecular complexity index is 452. The Morgan fingerprint density at radius 1 is 1.47 bits per heavy atom. The predicted octanol–water partition coefficient (Wildman–Crippen LogP) is 3.11. The van der Waals surface area contributed by atoms with E-state index >= 15 is 0 Å². The van der Waals surface area contributed by atoms with Crippen LogP contribution in [0.3, 0.4) is 0 Å². The van der Waals surface area contributed by atoms with Crippen molar-refractivity contribution in [1.82, 2.24) is 0 Å². The van der Waals surface area contributed by atoms with Crippen LogP contribution in [-0.4, -0.2) is 19.0 Å². The summed E-state index contributed by atoms with van der Waals surface area (Å²) in [6.07, 6.45) is 5.88. The molecule has 0 saturated carbocycles. The quantitative estimate of drug-likeness (QED) is 0.732. The largest absolute Gasteiger partial charge is 0.475 e. The molecule has 0 unspecified atom stereocenters. The molecule has 0 fully saturated rings. The highest BCUT2D eigenvalue weighted by atomic mass is 19.1. The molecule has 0 saturated heterocycles. The number of benzene rings is 1. The molecule has 0 aromatic heterocycles. The summed E-state index contributed by atoms with van der Waals surface area (Å²) >= 11 is 0. The highest BCUT2D eigenvalue weighted by molar-refractivity contribution is 5.95. The Morgan fingerprint density at radius 2 is 2.35 bits per heavy atom. The van der Waals surface area contributed by atoms with Gasteiger partial charge in [-0.05, 0) is 37.5 Å². The van der Waals surface area contributed by atoms with Gasteiger partial charge < -0.3 is 4.74 Å². The normalized spacial score (nSPS) is 15.1. The zero-order valence-electron chi connectivity index (χ0n) is 9.95. The first kappa shape index (κ1) is 11.8. The number of hydrogen-bond acceptors (Lipinski definition) is 2. The van der Waals surface area contributed by atoms with Gasteiger partial charge in [0.25, 0.3) is 0 Å². The van der Waals surface area contributed by atoms with Crippen molar-refractivity contribution in [2.24, 2.45) is 4.99 Å². The molecule has 90 valence electrons. The van der Waals surface area contributed by atoms with Gasteiger partial charge in [-0.15, -0.1) is 0 Å². The first-order valence-corrected chi connectivity index (χ1v) is 5.88. The van der Waals surface area contributed by atoms with Crippen LogP contribution >= 0.6 is 0 Å². The topological polar surface area (TPSA) is 21.6 Å². The number of aryl methyl sites for hydroxylation is 1. The Balaban J connectivity index is 2.11. The van der Waals surface area contributed by atoms with Crippen LogP contribution in [0.4, 0.5) is 4.39 Å². The zero-order chi connectivity index (χ0) is 12.1. The van der Waals surface area contributed by atoms with E-state index in [1.54, 1.807) is 12.1 Å². The molecule has 2 nitrogen and oxygen atoms in total. The SMILES string of the molecule is CC=CCCc1ccc(C2=NCCO2)c(F)c1. The molecule has 1 aliphatic rings. The summed E-state index contributed by atoms with van der Waals surface area (Å²) in [7, 11) is 0. The molecular weight excluding hydrogens is 217 g/mol. The minimum atomic E-state index is -0.247. The fourth-order valence-corrected chi connectivity index (χ4v) is 1.80. The van der Waals surface area contributed by atoms with Crippen molar-refractivity contribution in [2.45, 2.75) is 19.8 Å². The van der Waals surface area contributed by atoms with Crippen LogP contribution in [-0.2, 0) is 11.2 Å². The van der Waals surface area contributed by atoms with Gasteiger partial charge in [0.2, 0.25) is 5.90 Å². The molecule has 0 aliphatic carbocycles. The fourth-order valence-electron chi connectivity index (χ4n) is 1.80. The van der Waals surface area contributed by atoms with Crippen LogP contribution in [0.25, 0.3) is 0 Å². The van der Waals surface area contributed by atoms with Gasteiger partial charge in [-0.1, -0.05) is 18.2 Å². The molecule has 3 heteroatoms. The average Bonchev–Trinajstić information content (AvgIpc) is 2.83. The Kier molecular flexibility index (Phi) is 3.91. The van der Waals surface area contributed by atoms with Gasteiger partial charge in [0.15, 0.2) is 0 Å². The third kappa shape index (κ3) is 2.93. The molecule has 0 spiro atoms. The van der Waals surface area contributed by atoms with E-state index in [1.807, 2.05) is 19.1 Å². The number of nitrogens with zero attached hydrogens (tertiary/aromatic N) is 1. The molecule has 0 radical (unpaired) electrons. The van der Waals surface area contributed by atoms with Crippen molar-refractivity contribution < 1.29 is 9.13 Å². The molecule has 1 aliphatic heterocycles. The van der Waals surface area contributed by atoms with Crippen molar-refractivity contribution >= 4 is 5.90 Å². The smallest absolute Gasteiger partial charge is 0.219 e. The van der Waals surface area contributed by atoms with Gasteiger partial charge in [-0.3, -0.25) is 0 Å². The van der Waals surface area contributed by atoms with Crippen LogP contribution in [0.2, 0.25) is 0 Å². The summed E-state index contributed by atoms with van der Waals surface area (Å²) in [5.41, 5.74) is 1.47. The second-order valence-corrected chi connectivity index (χ2v) is 3.96. The molecule has 17 heavy (non-hydrogen) atoms. The van der Waals surface area contributed by atoms with Crippen LogP contribution in [0, 0.1) is 5.82 Å². The minimum Gasteiger partial charge on any atom is -0.475 e. The molecule has 0 amide bonds. The van der Waals surface area contributed by atoms with E-state index in [1.165, 1.54) is 0 Å². The molecule has 0 N–H and O–H groups in total. The number of halogens is 1. The third-order valence-corrected chi connectivity index (χ3v) is 2.68. The lowest BCUT2D eigenvalue weighted by molar-refractivity contribution is 0.347. The number of allylic oxidation sites excluding steroid dienone is 2. The van der Waals surface area contributed by atoms with Crippen LogP contribution in [0.1, 0.15) is 24.5 Å². The summed E-state index contributed by atoms with van der Waals surface area (Å²) in [4.78, 5) is 4.12. The zero-order valence-corrected chi connectivity index (χ0v) is 9.95. The fraction of sp³-hybridized carbons (Fsp3) is 0.357. The van der Waals surface area contributed by atoms with E-state index in [4.69, 9.17) is 4.74 Å². The maximum atomic E-state index is 13.8. The van der Waals surface area contributed by atoms with E-state index in [2.05, 4.69) is 11.1 Å². The maximum Gasteiger partial charge on any atom is 0.219 e. The van der Waals surface area contributed by atoms with Crippen LogP contribution in [0.5, 0.6) is 0 Å². The number of hydrogen-bond donors (Lipinski definition) is 0. The van der Waals surface area contributed by atoms with Crippen molar-refractivity contribution in [3.05, 3.63) is 47.3 Å². The van der Waals surface area contributed by atoms with Gasteiger partial charge >= 0.3 is 0 Å². The van der Waals surface area contributed by atoms with Crippen LogP contribution in [0.15, 0.2) is 35.3 Å². The lowest BCUT2D eigenvalue weighted by Crippen LogP contribution is -2.04. The maximum absolute atomic E-state index is 13.8. The Labute approximate surface area is 101 Å². The van der Waals surface area contributed by atoms with Crippen LogP contribution < -0.4 is 0 Å². The highest BCUT2D eigenvalue weighted by Gasteiger charge is 2.14. The van der Waals surface area contributed by atoms with Gasteiger partial charge in [-0.25, -0.2) is 9.38 Å². The monoisotopic (exact) mass is 233 g/mol. The summed E-state index contributed by atoms with van der Waals surface area (Å²) in [5.74, 6) is 0.186. The van der Waals surface area contributed by atoms with E-state index in [0.29, 0.717) is 24.6 Å². The first-order chi connectivity index (χ1) is 8.31. The van der Waals surface area contributed by atoms with E-state index in [0.717, 1.165) is 18.4 Å². The summed E-state index contributed by atoms with van der Waals surface area (Å²) in [6, 6.07) is 5.26. The highest BCUT2D eigenvalue weighted by Crippen LogP contribution is 2.15. The van der Waals surface area contributed by atoms with Gasteiger partial charge in [0.1, 0.15) is 12.4 Å². The van der Waals surface area contributed by atoms with E-state index in [-0.39, 0.29) is 5.82 Å². The minimum absolute atomic E-state index is 0.247. The van der Waals surface area contributed by atoms with Crippen molar-refractivity contribution in [3.8, 4) is 0 Å². The Hall–Kier alpha value is -1.64. The molecule has 0 atom stereocenters. The molecule has 1 heterocycles. The second kappa shape index (κ2) is 5.62. The molecule has 0 bridgehead atoms. The predicted molar refractivity (Wildman–Crippen MR) is 66.9 cm³/mol. The van der Waals surface area contributed by atoms with Gasteiger partial charge in [-0.2, -0.15) is 0 Å². The van der Waals surface area contributed by atoms with E-state index in [9.17, 15) is 4.39 Å². The number of rotatable bonds is 4. The van der Waals surface area contributed by atoms with Gasteiger partial charge in [0.05, 0.1) is 12.1 Å². The molecule has 1 aromatic rings. The summed E-state index contributed by atoms with van der Waals surface area (Å²) in [5, 5.41) is 0. The van der Waals surface area contributed by atoms with Gasteiger partial charge in [0, 0.05) is 0 Å². The van der Waals surface area contributed by atoms with E-state index < -0.39 is 0 Å². The third-order valence-electron chi connectivity index (χ3n) is 2.68. The molecule has 1 aromatic carbocycles. The first-order valence-electron chi connectivity index (χ1n) is 5.88. The summed E-state index contributed by atoms with van der Waals surface area (Å²) in [6.45, 7) is 3.16. The lowest BCUT2D eigenvalue weighted by Gasteiger charge is -2.05. The lowest BCUT2D eigenvalue weighted by atomic mass is 10.1. The van der Waals surface area contributed by atoms with Crippen molar-refractivity contribution in [1.29, 1.82) is 0 Å². The number of ether oxygens (including phenoxy) is 1. The number of aliphatic imine (C=N–C) groups is 1. The van der Waals surface area contributed by atoms with Crippen molar-refractivity contribution in [2.75, 3.05) is 13.2 Å². The second-order valence-electron chi connectivity index (χ2n) is 3.96. The summed E-state index contributed by atoms with van der Waals surface area (Å²) < 4.78 is 19.1. The molecule has 2 rings (SSSR count). The molecular formula is C14H16FNO. The Morgan fingerprint density at radius 3 is 3.00 bits per heavy atom. The average molecular weight is 233 g/mol. The van der Waals surface area contributed by atoms with Crippen molar-refractivity contribution in [3.63, 3.8) is 0 Å². The standard InChI is InChI=1S/C14H16FNO/c1-2-3-4-5-11-6-7-12(13(15)10-11)14-16-8-9-17-14/h2-3,6-7,10H,4-5,8-9H2,1H3.